The van der Waals surface area contributed by atoms with Crippen molar-refractivity contribution in [1.29, 1.82) is 0 Å². The molecule has 0 aliphatic carbocycles. The molecule has 1 heterocycles. The minimum absolute atomic E-state index is 0.0531. The Labute approximate surface area is 114 Å². The van der Waals surface area contributed by atoms with E-state index in [1.165, 1.54) is 0 Å². The number of benzene rings is 1. The van der Waals surface area contributed by atoms with Crippen LogP contribution < -0.4 is 11.3 Å². The molecule has 1 aromatic rings. The highest BCUT2D eigenvalue weighted by atomic mass is 16.5. The molecule has 104 valence electrons. The summed E-state index contributed by atoms with van der Waals surface area (Å²) in [5, 5.41) is 0. The van der Waals surface area contributed by atoms with Crippen molar-refractivity contribution in [2.75, 3.05) is 13.2 Å². The number of hydrogen-bond donors (Lipinski definition) is 2. The molecule has 2 atom stereocenters. The van der Waals surface area contributed by atoms with Crippen LogP contribution in [0.1, 0.15) is 31.4 Å². The van der Waals surface area contributed by atoms with E-state index in [4.69, 9.17) is 15.3 Å². The maximum atomic E-state index is 5.90. The van der Waals surface area contributed by atoms with E-state index in [2.05, 4.69) is 17.6 Å². The van der Waals surface area contributed by atoms with Crippen LogP contribution in [0.5, 0.6) is 0 Å². The van der Waals surface area contributed by atoms with Gasteiger partial charge in [0.25, 0.3) is 0 Å². The maximum Gasteiger partial charge on any atom is 0.103 e. The molecule has 0 saturated heterocycles. The molecule has 1 aliphatic rings. The van der Waals surface area contributed by atoms with Gasteiger partial charge in [-0.3, -0.25) is 11.3 Å². The summed E-state index contributed by atoms with van der Waals surface area (Å²) < 4.78 is 11.3. The maximum absolute atomic E-state index is 5.90. The summed E-state index contributed by atoms with van der Waals surface area (Å²) in [6.07, 6.45) is 3.75. The summed E-state index contributed by atoms with van der Waals surface area (Å²) in [5.41, 5.74) is 5.17. The molecule has 1 aromatic carbocycles. The summed E-state index contributed by atoms with van der Waals surface area (Å²) in [6, 6.07) is 10.1. The van der Waals surface area contributed by atoms with E-state index in [9.17, 15) is 0 Å². The van der Waals surface area contributed by atoms with Gasteiger partial charge in [-0.15, -0.1) is 0 Å². The summed E-state index contributed by atoms with van der Waals surface area (Å²) in [4.78, 5) is 0. The molecule has 0 spiro atoms. The predicted octanol–water partition coefficient (Wildman–Crippen LogP) is 2.29. The lowest BCUT2D eigenvalue weighted by Gasteiger charge is -2.30. The first-order valence-electron chi connectivity index (χ1n) is 6.80. The Morgan fingerprint density at radius 3 is 2.74 bits per heavy atom. The van der Waals surface area contributed by atoms with Gasteiger partial charge < -0.3 is 9.47 Å². The second-order valence-electron chi connectivity index (χ2n) is 4.60. The molecule has 4 nitrogen and oxygen atoms in total. The van der Waals surface area contributed by atoms with Gasteiger partial charge in [0.15, 0.2) is 0 Å². The topological polar surface area (TPSA) is 56.5 Å². The monoisotopic (exact) mass is 262 g/mol. The fraction of sp³-hybridized carbons (Fsp3) is 0.467. The fourth-order valence-corrected chi connectivity index (χ4v) is 2.41. The molecule has 1 aliphatic heterocycles. The third kappa shape index (κ3) is 3.56. The highest BCUT2D eigenvalue weighted by Gasteiger charge is 2.27. The van der Waals surface area contributed by atoms with Crippen LogP contribution >= 0.6 is 0 Å². The fourth-order valence-electron chi connectivity index (χ4n) is 2.41. The predicted molar refractivity (Wildman–Crippen MR) is 75.2 cm³/mol. The van der Waals surface area contributed by atoms with Crippen molar-refractivity contribution in [2.24, 2.45) is 5.84 Å². The highest BCUT2D eigenvalue weighted by Crippen LogP contribution is 2.28. The Hall–Kier alpha value is -1.36. The normalized spacial score (nSPS) is 18.3. The van der Waals surface area contributed by atoms with Gasteiger partial charge in [0, 0.05) is 6.61 Å². The molecule has 0 saturated carbocycles. The average Bonchev–Trinajstić information content (AvgIpc) is 2.49. The molecule has 0 bridgehead atoms. The second-order valence-corrected chi connectivity index (χ2v) is 4.60. The van der Waals surface area contributed by atoms with E-state index in [0.29, 0.717) is 6.61 Å². The first-order valence-corrected chi connectivity index (χ1v) is 6.80. The van der Waals surface area contributed by atoms with Crippen LogP contribution in [0.25, 0.3) is 0 Å². The van der Waals surface area contributed by atoms with E-state index in [1.54, 1.807) is 0 Å². The molecule has 0 amide bonds. The van der Waals surface area contributed by atoms with Gasteiger partial charge in [-0.2, -0.15) is 0 Å². The lowest BCUT2D eigenvalue weighted by atomic mass is 9.93. The number of rotatable bonds is 6. The second kappa shape index (κ2) is 7.28. The third-order valence-electron chi connectivity index (χ3n) is 3.32. The van der Waals surface area contributed by atoms with Crippen molar-refractivity contribution < 1.29 is 9.47 Å². The molecule has 3 N–H and O–H groups in total. The first kappa shape index (κ1) is 14.1. The summed E-state index contributed by atoms with van der Waals surface area (Å²) in [7, 11) is 0. The molecular formula is C15H22N2O2. The van der Waals surface area contributed by atoms with E-state index in [0.717, 1.165) is 30.6 Å². The van der Waals surface area contributed by atoms with Crippen LogP contribution in [0.2, 0.25) is 0 Å². The molecular weight excluding hydrogens is 240 g/mol. The first-order chi connectivity index (χ1) is 9.36. The quantitative estimate of drug-likeness (QED) is 0.610. The van der Waals surface area contributed by atoms with Crippen molar-refractivity contribution in [3.8, 4) is 0 Å². The van der Waals surface area contributed by atoms with Crippen LogP contribution in [0, 0.1) is 0 Å². The van der Waals surface area contributed by atoms with Crippen molar-refractivity contribution in [2.45, 2.75) is 31.9 Å². The highest BCUT2D eigenvalue weighted by molar-refractivity contribution is 5.24. The lowest BCUT2D eigenvalue weighted by molar-refractivity contribution is 0.0390. The van der Waals surface area contributed by atoms with Gasteiger partial charge in [0.05, 0.1) is 18.9 Å². The SMILES string of the molecule is CCOC(c1ccccc1)C(NN)C1=COCCC1. The minimum Gasteiger partial charge on any atom is -0.501 e. The van der Waals surface area contributed by atoms with E-state index in [-0.39, 0.29) is 12.1 Å². The number of hydrazine groups is 1. The van der Waals surface area contributed by atoms with E-state index in [1.807, 2.05) is 31.4 Å². The Kier molecular flexibility index (Phi) is 5.39. The Morgan fingerprint density at radius 2 is 2.16 bits per heavy atom. The van der Waals surface area contributed by atoms with Gasteiger partial charge in [0.1, 0.15) is 6.10 Å². The van der Waals surface area contributed by atoms with E-state index >= 15 is 0 Å². The lowest BCUT2D eigenvalue weighted by Crippen LogP contribution is -2.42. The van der Waals surface area contributed by atoms with Crippen molar-refractivity contribution >= 4 is 0 Å². The molecule has 0 aromatic heterocycles. The Balaban J connectivity index is 2.23. The smallest absolute Gasteiger partial charge is 0.103 e. The average molecular weight is 262 g/mol. The van der Waals surface area contributed by atoms with Gasteiger partial charge in [0.2, 0.25) is 0 Å². The minimum atomic E-state index is -0.0934. The number of ether oxygens (including phenoxy) is 2. The third-order valence-corrected chi connectivity index (χ3v) is 3.32. The van der Waals surface area contributed by atoms with Gasteiger partial charge in [-0.25, -0.2) is 0 Å². The number of hydrogen-bond acceptors (Lipinski definition) is 4. The molecule has 4 heteroatoms. The summed E-state index contributed by atoms with van der Waals surface area (Å²) in [5.74, 6) is 5.75. The zero-order chi connectivity index (χ0) is 13.5. The van der Waals surface area contributed by atoms with Crippen LogP contribution in [0.15, 0.2) is 42.2 Å². The summed E-state index contributed by atoms with van der Waals surface area (Å²) in [6.45, 7) is 3.42. The number of nitrogens with one attached hydrogen (secondary N) is 1. The Morgan fingerprint density at radius 1 is 1.37 bits per heavy atom. The van der Waals surface area contributed by atoms with Crippen LogP contribution in [0.3, 0.4) is 0 Å². The van der Waals surface area contributed by atoms with Crippen LogP contribution in [0.4, 0.5) is 0 Å². The van der Waals surface area contributed by atoms with Crippen LogP contribution in [-0.4, -0.2) is 19.3 Å². The summed E-state index contributed by atoms with van der Waals surface area (Å²) >= 11 is 0. The molecule has 0 fully saturated rings. The molecule has 2 rings (SSSR count). The zero-order valence-corrected chi connectivity index (χ0v) is 11.3. The molecule has 2 unspecified atom stereocenters. The van der Waals surface area contributed by atoms with Crippen molar-refractivity contribution in [1.82, 2.24) is 5.43 Å². The van der Waals surface area contributed by atoms with Gasteiger partial charge in [-0.1, -0.05) is 30.3 Å². The van der Waals surface area contributed by atoms with Gasteiger partial charge in [-0.05, 0) is 30.9 Å². The molecule has 0 radical (unpaired) electrons. The van der Waals surface area contributed by atoms with Gasteiger partial charge >= 0.3 is 0 Å². The van der Waals surface area contributed by atoms with Crippen molar-refractivity contribution in [3.05, 3.63) is 47.7 Å². The Bertz CT molecular complexity index is 406. The van der Waals surface area contributed by atoms with Crippen LogP contribution in [-0.2, 0) is 9.47 Å². The largest absolute Gasteiger partial charge is 0.501 e. The molecule has 19 heavy (non-hydrogen) atoms. The van der Waals surface area contributed by atoms with Crippen molar-refractivity contribution in [3.63, 3.8) is 0 Å². The number of nitrogens with two attached hydrogens (primary N) is 1. The standard InChI is InChI=1S/C15H22N2O2/c1-2-19-15(12-7-4-3-5-8-12)14(17-16)13-9-6-10-18-11-13/h3-5,7-8,11,14-15,17H,2,6,9-10,16H2,1H3. The zero-order valence-electron chi connectivity index (χ0n) is 11.3. The van der Waals surface area contributed by atoms with E-state index < -0.39 is 0 Å².